The third kappa shape index (κ3) is 3.90. The topological polar surface area (TPSA) is 49.7 Å². The summed E-state index contributed by atoms with van der Waals surface area (Å²) >= 11 is 0. The van der Waals surface area contributed by atoms with Gasteiger partial charge in [0, 0.05) is 39.1 Å². The summed E-state index contributed by atoms with van der Waals surface area (Å²) in [6.07, 6.45) is 2.10. The first kappa shape index (κ1) is 20.4. The molecule has 3 aliphatic heterocycles. The lowest BCUT2D eigenvalue weighted by atomic mass is 10.2. The SMILES string of the molecule is FC(F)(F)c1ccc2nnn(OC3CCCN3P(N3CCCC3)N3CCCC3)c2c1. The molecule has 1 atom stereocenters. The third-order valence-electron chi connectivity index (χ3n) is 6.04. The quantitative estimate of drug-likeness (QED) is 0.658. The van der Waals surface area contributed by atoms with Gasteiger partial charge < -0.3 is 4.84 Å². The van der Waals surface area contributed by atoms with E-state index in [2.05, 4.69) is 24.3 Å². The summed E-state index contributed by atoms with van der Waals surface area (Å²) in [5, 5.41) is 8.00. The third-order valence-corrected chi connectivity index (χ3v) is 8.76. The van der Waals surface area contributed by atoms with Crippen LogP contribution in [0.5, 0.6) is 0 Å². The molecule has 1 aromatic carbocycles. The van der Waals surface area contributed by atoms with Crippen molar-refractivity contribution in [3.05, 3.63) is 23.8 Å². The van der Waals surface area contributed by atoms with Crippen molar-refractivity contribution < 1.29 is 18.0 Å². The number of fused-ring (bicyclic) bond motifs is 1. The van der Waals surface area contributed by atoms with Crippen molar-refractivity contribution in [2.45, 2.75) is 50.9 Å². The van der Waals surface area contributed by atoms with Crippen LogP contribution >= 0.6 is 8.37 Å². The van der Waals surface area contributed by atoms with Crippen LogP contribution in [0.2, 0.25) is 0 Å². The van der Waals surface area contributed by atoms with Crippen molar-refractivity contribution >= 4 is 19.4 Å². The lowest BCUT2D eigenvalue weighted by Crippen LogP contribution is -2.42. The van der Waals surface area contributed by atoms with E-state index >= 15 is 0 Å². The fourth-order valence-electron chi connectivity index (χ4n) is 4.56. The summed E-state index contributed by atoms with van der Waals surface area (Å²) in [5.74, 6) is 0. The Morgan fingerprint density at radius 1 is 0.933 bits per heavy atom. The Kier molecular flexibility index (Phi) is 5.60. The summed E-state index contributed by atoms with van der Waals surface area (Å²) in [6, 6.07) is 3.44. The second kappa shape index (κ2) is 8.22. The minimum atomic E-state index is -4.41. The molecule has 1 aromatic heterocycles. The Labute approximate surface area is 174 Å². The van der Waals surface area contributed by atoms with Crippen LogP contribution in [0.3, 0.4) is 0 Å². The van der Waals surface area contributed by atoms with Gasteiger partial charge in [-0.25, -0.2) is 4.67 Å². The van der Waals surface area contributed by atoms with Crippen molar-refractivity contribution in [3.8, 4) is 0 Å². The Bertz CT molecular complexity index is 865. The predicted molar refractivity (Wildman–Crippen MR) is 107 cm³/mol. The maximum atomic E-state index is 13.2. The van der Waals surface area contributed by atoms with Crippen LogP contribution < -0.4 is 4.84 Å². The van der Waals surface area contributed by atoms with E-state index in [9.17, 15) is 13.2 Å². The molecule has 0 saturated carbocycles. The molecule has 1 unspecified atom stereocenters. The fraction of sp³-hybridized carbons (Fsp3) is 0.684. The van der Waals surface area contributed by atoms with E-state index in [1.165, 1.54) is 36.6 Å². The van der Waals surface area contributed by atoms with Crippen LogP contribution in [0.25, 0.3) is 11.0 Å². The zero-order valence-corrected chi connectivity index (χ0v) is 17.7. The van der Waals surface area contributed by atoms with E-state index < -0.39 is 20.1 Å². The normalized spacial score (nSPS) is 24.6. The zero-order chi connectivity index (χ0) is 20.7. The van der Waals surface area contributed by atoms with Gasteiger partial charge in [0.15, 0.2) is 6.23 Å². The van der Waals surface area contributed by atoms with Gasteiger partial charge in [0.2, 0.25) is 0 Å². The highest BCUT2D eigenvalue weighted by molar-refractivity contribution is 7.50. The van der Waals surface area contributed by atoms with Crippen LogP contribution in [0.4, 0.5) is 13.2 Å². The van der Waals surface area contributed by atoms with Crippen LogP contribution in [-0.2, 0) is 6.18 Å². The van der Waals surface area contributed by atoms with Crippen LogP contribution in [0, 0.1) is 0 Å². The zero-order valence-electron chi connectivity index (χ0n) is 16.8. The van der Waals surface area contributed by atoms with Gasteiger partial charge in [0.1, 0.15) is 19.4 Å². The van der Waals surface area contributed by atoms with E-state index in [4.69, 9.17) is 4.84 Å². The number of nitrogens with zero attached hydrogens (tertiary/aromatic N) is 6. The molecule has 0 spiro atoms. The van der Waals surface area contributed by atoms with E-state index in [0.717, 1.165) is 57.7 Å². The van der Waals surface area contributed by atoms with Gasteiger partial charge in [-0.15, -0.1) is 5.10 Å². The lowest BCUT2D eigenvalue weighted by Gasteiger charge is -2.42. The molecule has 0 radical (unpaired) electrons. The number of rotatable bonds is 5. The van der Waals surface area contributed by atoms with Crippen molar-refractivity contribution in [3.63, 3.8) is 0 Å². The monoisotopic (exact) mass is 442 g/mol. The molecule has 3 saturated heterocycles. The molecule has 164 valence electrons. The number of hydrogen-bond donors (Lipinski definition) is 0. The van der Waals surface area contributed by atoms with Crippen LogP contribution in [-0.4, -0.2) is 68.1 Å². The summed E-state index contributed by atoms with van der Waals surface area (Å²) in [5.41, 5.74) is -0.0703. The Hall–Kier alpha value is -1.48. The molecule has 7 nitrogen and oxygen atoms in total. The Morgan fingerprint density at radius 3 is 2.23 bits per heavy atom. The number of halogens is 3. The molecule has 0 bridgehead atoms. The van der Waals surface area contributed by atoms with Crippen LogP contribution in [0.1, 0.15) is 44.1 Å². The van der Waals surface area contributed by atoms with Crippen molar-refractivity contribution in [1.82, 2.24) is 29.2 Å². The van der Waals surface area contributed by atoms with Gasteiger partial charge in [0.25, 0.3) is 0 Å². The van der Waals surface area contributed by atoms with E-state index in [-0.39, 0.29) is 11.7 Å². The van der Waals surface area contributed by atoms with E-state index in [0.29, 0.717) is 5.52 Å². The molecule has 11 heteroatoms. The Morgan fingerprint density at radius 2 is 1.60 bits per heavy atom. The van der Waals surface area contributed by atoms with Crippen molar-refractivity contribution in [2.24, 2.45) is 0 Å². The molecule has 3 fully saturated rings. The van der Waals surface area contributed by atoms with Crippen molar-refractivity contribution in [1.29, 1.82) is 0 Å². The highest BCUT2D eigenvalue weighted by atomic mass is 31.2. The number of benzene rings is 1. The molecule has 0 aliphatic carbocycles. The second-order valence-electron chi connectivity index (χ2n) is 8.12. The van der Waals surface area contributed by atoms with Gasteiger partial charge in [-0.2, -0.15) is 13.2 Å². The first-order valence-corrected chi connectivity index (χ1v) is 11.9. The minimum Gasteiger partial charge on any atom is -0.375 e. The number of alkyl halides is 3. The Balaban J connectivity index is 1.41. The number of hydrogen-bond acceptors (Lipinski definition) is 6. The summed E-state index contributed by atoms with van der Waals surface area (Å²) < 4.78 is 47.1. The molecule has 30 heavy (non-hydrogen) atoms. The molecule has 0 amide bonds. The maximum Gasteiger partial charge on any atom is 0.416 e. The van der Waals surface area contributed by atoms with Gasteiger partial charge in [-0.05, 0) is 55.5 Å². The average Bonchev–Trinajstić information content (AvgIpc) is 3.51. The van der Waals surface area contributed by atoms with E-state index in [1.54, 1.807) is 0 Å². The second-order valence-corrected chi connectivity index (χ2v) is 10.3. The molecular weight excluding hydrogens is 416 g/mol. The largest absolute Gasteiger partial charge is 0.416 e. The van der Waals surface area contributed by atoms with Gasteiger partial charge in [-0.3, -0.25) is 9.34 Å². The van der Waals surface area contributed by atoms with E-state index in [1.807, 2.05) is 0 Å². The molecule has 0 N–H and O–H groups in total. The maximum absolute atomic E-state index is 13.2. The van der Waals surface area contributed by atoms with Crippen LogP contribution in [0.15, 0.2) is 18.2 Å². The lowest BCUT2D eigenvalue weighted by molar-refractivity contribution is -0.137. The smallest absolute Gasteiger partial charge is 0.375 e. The molecule has 2 aromatic rings. The summed E-state index contributed by atoms with van der Waals surface area (Å²) in [6.45, 7) is 5.35. The summed E-state index contributed by atoms with van der Waals surface area (Å²) in [7, 11) is -0.620. The van der Waals surface area contributed by atoms with Gasteiger partial charge >= 0.3 is 6.18 Å². The molecule has 5 rings (SSSR count). The molecule has 3 aliphatic rings. The molecule has 4 heterocycles. The highest BCUT2D eigenvalue weighted by Gasteiger charge is 2.41. The number of aromatic nitrogens is 3. The average molecular weight is 442 g/mol. The highest BCUT2D eigenvalue weighted by Crippen LogP contribution is 2.54. The first-order chi connectivity index (χ1) is 14.5. The molecular formula is C19H26F3N6OP. The summed E-state index contributed by atoms with van der Waals surface area (Å²) in [4.78, 5) is 7.36. The predicted octanol–water partition coefficient (Wildman–Crippen LogP) is 3.72. The van der Waals surface area contributed by atoms with Gasteiger partial charge in [-0.1, -0.05) is 4.85 Å². The first-order valence-electron chi connectivity index (χ1n) is 10.7. The van der Waals surface area contributed by atoms with Gasteiger partial charge in [0.05, 0.1) is 5.56 Å². The minimum absolute atomic E-state index is 0.211. The standard InChI is InChI=1S/C19H26F3N6OP/c20-19(21,22)15-7-8-16-17(14-15)28(24-23-16)29-18-6-5-13-27(18)30(25-9-1-2-10-25)26-11-3-4-12-26/h7-8,14,18H,1-6,9-13H2. The fourth-order valence-corrected chi connectivity index (χ4v) is 7.56. The van der Waals surface area contributed by atoms with Crippen molar-refractivity contribution in [2.75, 3.05) is 32.7 Å².